The van der Waals surface area contributed by atoms with Crippen LogP contribution in [0.5, 0.6) is 11.5 Å². The predicted molar refractivity (Wildman–Crippen MR) is 113 cm³/mol. The first-order valence-electron chi connectivity index (χ1n) is 10.3. The molecular formula is C25H34O2. The summed E-state index contributed by atoms with van der Waals surface area (Å²) in [7, 11) is 0. The minimum atomic E-state index is 0.00694. The first kappa shape index (κ1) is 19.8. The highest BCUT2D eigenvalue weighted by molar-refractivity contribution is 5.54. The average molecular weight is 367 g/mol. The Balaban J connectivity index is 2.28. The molecule has 0 bridgehead atoms. The van der Waals surface area contributed by atoms with Gasteiger partial charge in [-0.2, -0.15) is 0 Å². The first-order valence-corrected chi connectivity index (χ1v) is 10.3. The van der Waals surface area contributed by atoms with Crippen LogP contribution in [0.15, 0.2) is 24.3 Å². The van der Waals surface area contributed by atoms with Crippen molar-refractivity contribution >= 4 is 0 Å². The van der Waals surface area contributed by atoms with E-state index in [-0.39, 0.29) is 5.92 Å². The van der Waals surface area contributed by atoms with Gasteiger partial charge in [0.25, 0.3) is 0 Å². The Kier molecular flexibility index (Phi) is 5.55. The molecule has 0 amide bonds. The maximum atomic E-state index is 11.0. The quantitative estimate of drug-likeness (QED) is 0.648. The number of hydrogen-bond acceptors (Lipinski definition) is 2. The average Bonchev–Trinajstić information content (AvgIpc) is 2.58. The van der Waals surface area contributed by atoms with E-state index in [2.05, 4.69) is 39.8 Å². The molecule has 27 heavy (non-hydrogen) atoms. The highest BCUT2D eigenvalue weighted by Crippen LogP contribution is 2.51. The summed E-state index contributed by atoms with van der Waals surface area (Å²) < 4.78 is 0. The molecule has 2 heteroatoms. The van der Waals surface area contributed by atoms with E-state index in [1.54, 1.807) is 0 Å². The van der Waals surface area contributed by atoms with Crippen molar-refractivity contribution in [3.63, 3.8) is 0 Å². The number of aryl methyl sites for hydroxylation is 4. The Morgan fingerprint density at radius 1 is 0.741 bits per heavy atom. The Labute approximate surface area is 164 Å². The van der Waals surface area contributed by atoms with E-state index in [1.165, 1.54) is 19.3 Å². The highest BCUT2D eigenvalue weighted by atomic mass is 16.3. The van der Waals surface area contributed by atoms with Crippen LogP contribution < -0.4 is 0 Å². The summed E-state index contributed by atoms with van der Waals surface area (Å²) in [5.41, 5.74) is 6.08. The van der Waals surface area contributed by atoms with E-state index >= 15 is 0 Å². The molecule has 146 valence electrons. The van der Waals surface area contributed by atoms with Crippen LogP contribution in [0.4, 0.5) is 0 Å². The third kappa shape index (κ3) is 3.72. The molecule has 2 unspecified atom stereocenters. The van der Waals surface area contributed by atoms with Crippen molar-refractivity contribution in [1.29, 1.82) is 0 Å². The van der Waals surface area contributed by atoms with Gasteiger partial charge < -0.3 is 10.2 Å². The van der Waals surface area contributed by atoms with Gasteiger partial charge in [-0.05, 0) is 56.6 Å². The molecule has 2 aromatic carbocycles. The Morgan fingerprint density at radius 3 is 1.56 bits per heavy atom. The van der Waals surface area contributed by atoms with E-state index in [4.69, 9.17) is 0 Å². The van der Waals surface area contributed by atoms with Crippen molar-refractivity contribution in [1.82, 2.24) is 0 Å². The van der Waals surface area contributed by atoms with Gasteiger partial charge in [0.2, 0.25) is 0 Å². The van der Waals surface area contributed by atoms with Gasteiger partial charge in [0.05, 0.1) is 0 Å². The van der Waals surface area contributed by atoms with Crippen LogP contribution >= 0.6 is 0 Å². The zero-order chi connectivity index (χ0) is 19.9. The van der Waals surface area contributed by atoms with Gasteiger partial charge in [-0.15, -0.1) is 0 Å². The van der Waals surface area contributed by atoms with Crippen molar-refractivity contribution in [3.05, 3.63) is 57.6 Å². The second-order valence-corrected chi connectivity index (χ2v) is 8.98. The van der Waals surface area contributed by atoms with Crippen molar-refractivity contribution in [2.24, 2.45) is 17.8 Å². The van der Waals surface area contributed by atoms with E-state index in [0.717, 1.165) is 33.4 Å². The van der Waals surface area contributed by atoms with E-state index < -0.39 is 0 Å². The third-order valence-electron chi connectivity index (χ3n) is 6.64. The zero-order valence-electron chi connectivity index (χ0n) is 17.6. The number of benzene rings is 2. The number of aromatic hydroxyl groups is 2. The van der Waals surface area contributed by atoms with Gasteiger partial charge in [0, 0.05) is 17.0 Å². The van der Waals surface area contributed by atoms with Gasteiger partial charge >= 0.3 is 0 Å². The van der Waals surface area contributed by atoms with Crippen LogP contribution in [0.3, 0.4) is 0 Å². The lowest BCUT2D eigenvalue weighted by Gasteiger charge is -2.41. The molecule has 2 atom stereocenters. The normalized spacial score (nSPS) is 23.0. The molecule has 1 aliphatic rings. The molecule has 1 fully saturated rings. The number of rotatable bonds is 3. The highest BCUT2D eigenvalue weighted by Gasteiger charge is 2.38. The molecule has 0 aliphatic heterocycles. The van der Waals surface area contributed by atoms with Crippen LogP contribution in [-0.2, 0) is 0 Å². The summed E-state index contributed by atoms with van der Waals surface area (Å²) in [4.78, 5) is 0. The van der Waals surface area contributed by atoms with E-state index in [0.29, 0.717) is 29.3 Å². The van der Waals surface area contributed by atoms with E-state index in [9.17, 15) is 10.2 Å². The van der Waals surface area contributed by atoms with Gasteiger partial charge in [-0.1, -0.05) is 68.5 Å². The molecule has 0 saturated heterocycles. The lowest BCUT2D eigenvalue weighted by Crippen LogP contribution is -2.31. The summed E-state index contributed by atoms with van der Waals surface area (Å²) in [5, 5.41) is 22.0. The molecule has 2 aromatic rings. The van der Waals surface area contributed by atoms with Crippen molar-refractivity contribution in [3.8, 4) is 11.5 Å². The van der Waals surface area contributed by atoms with Crippen LogP contribution in [0.1, 0.15) is 72.4 Å². The third-order valence-corrected chi connectivity index (χ3v) is 6.64. The summed E-state index contributed by atoms with van der Waals surface area (Å²) in [5.74, 6) is 2.28. The van der Waals surface area contributed by atoms with E-state index in [1.807, 2.05) is 26.0 Å². The SMILES string of the molecule is Cc1cc(C)c(O)c(C(c2cc(C)cc(C)c2O)C2C(C)CCCC2C)c1. The molecule has 2 N–H and O–H groups in total. The number of hydrogen-bond donors (Lipinski definition) is 2. The Morgan fingerprint density at radius 2 is 1.15 bits per heavy atom. The molecule has 0 aromatic heterocycles. The lowest BCUT2D eigenvalue weighted by molar-refractivity contribution is 0.157. The minimum absolute atomic E-state index is 0.00694. The minimum Gasteiger partial charge on any atom is -0.507 e. The predicted octanol–water partition coefficient (Wildman–Crippen LogP) is 6.54. The van der Waals surface area contributed by atoms with Crippen LogP contribution in [0.2, 0.25) is 0 Å². The zero-order valence-corrected chi connectivity index (χ0v) is 17.6. The lowest BCUT2D eigenvalue weighted by atomic mass is 9.63. The number of phenols is 2. The topological polar surface area (TPSA) is 40.5 Å². The van der Waals surface area contributed by atoms with Gasteiger partial charge in [-0.3, -0.25) is 0 Å². The largest absolute Gasteiger partial charge is 0.507 e. The summed E-state index contributed by atoms with van der Waals surface area (Å²) in [6.07, 6.45) is 3.69. The molecule has 2 nitrogen and oxygen atoms in total. The van der Waals surface area contributed by atoms with Crippen molar-refractivity contribution in [2.45, 2.75) is 66.7 Å². The van der Waals surface area contributed by atoms with Crippen LogP contribution in [0.25, 0.3) is 0 Å². The molecule has 1 saturated carbocycles. The summed E-state index contributed by atoms with van der Waals surface area (Å²) in [6, 6.07) is 8.31. The van der Waals surface area contributed by atoms with Crippen molar-refractivity contribution < 1.29 is 10.2 Å². The van der Waals surface area contributed by atoms with Crippen LogP contribution in [0, 0.1) is 45.4 Å². The van der Waals surface area contributed by atoms with Gasteiger partial charge in [0.15, 0.2) is 0 Å². The number of phenolic OH excluding ortho intramolecular Hbond substituents is 2. The van der Waals surface area contributed by atoms with Gasteiger partial charge in [-0.25, -0.2) is 0 Å². The monoisotopic (exact) mass is 366 g/mol. The van der Waals surface area contributed by atoms with Gasteiger partial charge in [0.1, 0.15) is 11.5 Å². The molecule has 1 aliphatic carbocycles. The Bertz CT molecular complexity index is 769. The molecule has 0 spiro atoms. The summed E-state index contributed by atoms with van der Waals surface area (Å²) >= 11 is 0. The molecule has 3 rings (SSSR count). The molecule has 0 radical (unpaired) electrons. The molecule has 0 heterocycles. The fourth-order valence-corrected chi connectivity index (χ4v) is 5.41. The molecular weight excluding hydrogens is 332 g/mol. The van der Waals surface area contributed by atoms with Crippen LogP contribution in [-0.4, -0.2) is 10.2 Å². The smallest absolute Gasteiger partial charge is 0.122 e. The Hall–Kier alpha value is -1.96. The fourth-order valence-electron chi connectivity index (χ4n) is 5.41. The summed E-state index contributed by atoms with van der Waals surface area (Å²) in [6.45, 7) is 12.8. The van der Waals surface area contributed by atoms with Crippen molar-refractivity contribution in [2.75, 3.05) is 0 Å². The fraction of sp³-hybridized carbons (Fsp3) is 0.520. The maximum Gasteiger partial charge on any atom is 0.122 e. The second-order valence-electron chi connectivity index (χ2n) is 8.98. The second kappa shape index (κ2) is 7.58. The standard InChI is InChI=1S/C25H34O2/c1-14-10-18(5)24(26)20(12-14)23(22-16(3)8-7-9-17(22)4)21-13-15(2)11-19(6)25(21)27/h10-13,16-17,22-23,26-27H,7-9H2,1-6H3. The first-order chi connectivity index (χ1) is 12.7. The maximum absolute atomic E-state index is 11.0.